The molecule has 1 unspecified atom stereocenters. The van der Waals surface area contributed by atoms with Gasteiger partial charge in [0, 0.05) is 32.6 Å². The molecule has 118 valence electrons. The number of aliphatic imine (C=N–C) groups is 1. The second-order valence-electron chi connectivity index (χ2n) is 5.18. The molecular formula is C16H26IN3O. The van der Waals surface area contributed by atoms with E-state index in [-0.39, 0.29) is 24.0 Å². The van der Waals surface area contributed by atoms with Gasteiger partial charge in [0.15, 0.2) is 5.96 Å². The van der Waals surface area contributed by atoms with Crippen molar-refractivity contribution in [2.24, 2.45) is 10.9 Å². The highest BCUT2D eigenvalue weighted by molar-refractivity contribution is 14.0. The van der Waals surface area contributed by atoms with Crippen LogP contribution in [0.15, 0.2) is 35.3 Å². The van der Waals surface area contributed by atoms with Crippen LogP contribution in [0.5, 0.6) is 0 Å². The van der Waals surface area contributed by atoms with Crippen LogP contribution in [0.1, 0.15) is 18.9 Å². The first-order chi connectivity index (χ1) is 9.83. The van der Waals surface area contributed by atoms with E-state index in [1.165, 1.54) is 12.0 Å². The second-order valence-corrected chi connectivity index (χ2v) is 5.18. The van der Waals surface area contributed by atoms with Gasteiger partial charge in [0.2, 0.25) is 0 Å². The third kappa shape index (κ3) is 5.82. The van der Waals surface area contributed by atoms with Crippen molar-refractivity contribution in [2.45, 2.75) is 20.0 Å². The molecule has 1 N–H and O–H groups in total. The minimum atomic E-state index is 0. The minimum Gasteiger partial charge on any atom is -0.376 e. The monoisotopic (exact) mass is 403 g/mol. The standard InChI is InChI=1S/C16H25N3O.HI/c1-3-18-16(17-2)19-10-9-15(11-19)13-20-12-14-7-5-4-6-8-14;/h4-8,15H,3,9-13H2,1-2H3,(H,17,18);1H. The molecule has 1 saturated heterocycles. The molecule has 21 heavy (non-hydrogen) atoms. The van der Waals surface area contributed by atoms with Crippen LogP contribution < -0.4 is 5.32 Å². The van der Waals surface area contributed by atoms with Gasteiger partial charge in [-0.25, -0.2) is 0 Å². The van der Waals surface area contributed by atoms with Gasteiger partial charge in [0.1, 0.15) is 0 Å². The minimum absolute atomic E-state index is 0. The summed E-state index contributed by atoms with van der Waals surface area (Å²) in [6.07, 6.45) is 1.18. The predicted molar refractivity (Wildman–Crippen MR) is 98.2 cm³/mol. The third-order valence-corrected chi connectivity index (χ3v) is 3.60. The zero-order valence-electron chi connectivity index (χ0n) is 12.9. The van der Waals surface area contributed by atoms with E-state index in [1.807, 2.05) is 13.1 Å². The zero-order chi connectivity index (χ0) is 14.2. The lowest BCUT2D eigenvalue weighted by atomic mass is 10.1. The predicted octanol–water partition coefficient (Wildman–Crippen LogP) is 2.74. The maximum Gasteiger partial charge on any atom is 0.193 e. The van der Waals surface area contributed by atoms with Gasteiger partial charge in [-0.15, -0.1) is 24.0 Å². The zero-order valence-corrected chi connectivity index (χ0v) is 15.2. The highest BCUT2D eigenvalue weighted by Crippen LogP contribution is 2.17. The summed E-state index contributed by atoms with van der Waals surface area (Å²) in [5.74, 6) is 1.62. The number of nitrogens with zero attached hydrogens (tertiary/aromatic N) is 2. The molecule has 0 amide bonds. The van der Waals surface area contributed by atoms with Crippen LogP contribution in [0.3, 0.4) is 0 Å². The number of halogens is 1. The SMILES string of the molecule is CCNC(=NC)N1CCC(COCc2ccccc2)C1.I. The molecule has 1 atom stereocenters. The average Bonchev–Trinajstić information content (AvgIpc) is 2.94. The Bertz CT molecular complexity index is 425. The molecule has 2 rings (SSSR count). The summed E-state index contributed by atoms with van der Waals surface area (Å²) in [5, 5.41) is 3.31. The van der Waals surface area contributed by atoms with Crippen LogP contribution in [0.2, 0.25) is 0 Å². The summed E-state index contributed by atoms with van der Waals surface area (Å²) >= 11 is 0. The molecular weight excluding hydrogens is 377 g/mol. The maximum atomic E-state index is 5.84. The molecule has 0 saturated carbocycles. The molecule has 0 aromatic heterocycles. The molecule has 1 heterocycles. The van der Waals surface area contributed by atoms with E-state index in [0.29, 0.717) is 12.5 Å². The maximum absolute atomic E-state index is 5.84. The molecule has 4 nitrogen and oxygen atoms in total. The van der Waals surface area contributed by atoms with E-state index in [1.54, 1.807) is 0 Å². The summed E-state index contributed by atoms with van der Waals surface area (Å²) < 4.78 is 5.84. The molecule has 1 fully saturated rings. The topological polar surface area (TPSA) is 36.9 Å². The fourth-order valence-electron chi connectivity index (χ4n) is 2.57. The van der Waals surface area contributed by atoms with Gasteiger partial charge in [-0.3, -0.25) is 4.99 Å². The number of benzene rings is 1. The van der Waals surface area contributed by atoms with Crippen molar-refractivity contribution in [3.05, 3.63) is 35.9 Å². The Balaban J connectivity index is 0.00000220. The lowest BCUT2D eigenvalue weighted by Gasteiger charge is -2.21. The van der Waals surface area contributed by atoms with Crippen molar-refractivity contribution in [1.29, 1.82) is 0 Å². The van der Waals surface area contributed by atoms with E-state index in [2.05, 4.69) is 46.4 Å². The van der Waals surface area contributed by atoms with Crippen LogP contribution in [-0.4, -0.2) is 44.1 Å². The quantitative estimate of drug-likeness (QED) is 0.467. The third-order valence-electron chi connectivity index (χ3n) is 3.60. The Morgan fingerprint density at radius 1 is 1.38 bits per heavy atom. The molecule has 1 aliphatic rings. The fourth-order valence-corrected chi connectivity index (χ4v) is 2.57. The molecule has 5 heteroatoms. The van der Waals surface area contributed by atoms with Crippen LogP contribution >= 0.6 is 24.0 Å². The van der Waals surface area contributed by atoms with Crippen molar-refractivity contribution < 1.29 is 4.74 Å². The molecule has 1 aromatic carbocycles. The van der Waals surface area contributed by atoms with E-state index >= 15 is 0 Å². The van der Waals surface area contributed by atoms with Gasteiger partial charge in [-0.1, -0.05) is 30.3 Å². The van der Waals surface area contributed by atoms with E-state index in [0.717, 1.165) is 32.2 Å². The smallest absolute Gasteiger partial charge is 0.193 e. The van der Waals surface area contributed by atoms with E-state index in [4.69, 9.17) is 4.74 Å². The Morgan fingerprint density at radius 2 is 2.14 bits per heavy atom. The fraction of sp³-hybridized carbons (Fsp3) is 0.562. The van der Waals surface area contributed by atoms with Crippen LogP contribution in [0.25, 0.3) is 0 Å². The number of likely N-dealkylation sites (tertiary alicyclic amines) is 1. The Hall–Kier alpha value is -0.820. The number of hydrogen-bond acceptors (Lipinski definition) is 2. The van der Waals surface area contributed by atoms with E-state index in [9.17, 15) is 0 Å². The number of nitrogens with one attached hydrogen (secondary N) is 1. The van der Waals surface area contributed by atoms with Crippen molar-refractivity contribution in [3.8, 4) is 0 Å². The Kier molecular flexibility index (Phi) is 8.68. The van der Waals surface area contributed by atoms with Crippen LogP contribution in [-0.2, 0) is 11.3 Å². The van der Waals surface area contributed by atoms with Gasteiger partial charge < -0.3 is 15.0 Å². The summed E-state index contributed by atoms with van der Waals surface area (Å²) in [6.45, 7) is 6.65. The molecule has 1 aliphatic heterocycles. The molecule has 0 bridgehead atoms. The average molecular weight is 403 g/mol. The van der Waals surface area contributed by atoms with Crippen molar-refractivity contribution in [3.63, 3.8) is 0 Å². The molecule has 1 aromatic rings. The van der Waals surface area contributed by atoms with Crippen molar-refractivity contribution in [2.75, 3.05) is 33.3 Å². The lowest BCUT2D eigenvalue weighted by Crippen LogP contribution is -2.40. The summed E-state index contributed by atoms with van der Waals surface area (Å²) in [6, 6.07) is 10.3. The Labute approximate surface area is 145 Å². The summed E-state index contributed by atoms with van der Waals surface area (Å²) in [7, 11) is 1.84. The number of rotatable bonds is 5. The summed E-state index contributed by atoms with van der Waals surface area (Å²) in [4.78, 5) is 6.63. The van der Waals surface area contributed by atoms with Gasteiger partial charge in [-0.2, -0.15) is 0 Å². The van der Waals surface area contributed by atoms with Crippen molar-refractivity contribution >= 4 is 29.9 Å². The van der Waals surface area contributed by atoms with Gasteiger partial charge in [-0.05, 0) is 18.9 Å². The number of ether oxygens (including phenoxy) is 1. The summed E-state index contributed by atoms with van der Waals surface area (Å²) in [5.41, 5.74) is 1.24. The number of guanidine groups is 1. The molecule has 0 radical (unpaired) electrons. The van der Waals surface area contributed by atoms with Gasteiger partial charge >= 0.3 is 0 Å². The highest BCUT2D eigenvalue weighted by atomic mass is 127. The molecule has 0 aliphatic carbocycles. The first-order valence-corrected chi connectivity index (χ1v) is 7.40. The lowest BCUT2D eigenvalue weighted by molar-refractivity contribution is 0.0907. The van der Waals surface area contributed by atoms with Gasteiger partial charge in [0.05, 0.1) is 13.2 Å². The first-order valence-electron chi connectivity index (χ1n) is 7.40. The first kappa shape index (κ1) is 18.2. The van der Waals surface area contributed by atoms with Crippen LogP contribution in [0.4, 0.5) is 0 Å². The second kappa shape index (κ2) is 10.00. The Morgan fingerprint density at radius 3 is 2.81 bits per heavy atom. The van der Waals surface area contributed by atoms with Gasteiger partial charge in [0.25, 0.3) is 0 Å². The van der Waals surface area contributed by atoms with E-state index < -0.39 is 0 Å². The highest BCUT2D eigenvalue weighted by Gasteiger charge is 2.24. The largest absolute Gasteiger partial charge is 0.376 e. The normalized spacial score (nSPS) is 18.5. The van der Waals surface area contributed by atoms with Crippen LogP contribution in [0, 0.1) is 5.92 Å². The van der Waals surface area contributed by atoms with Crippen molar-refractivity contribution in [1.82, 2.24) is 10.2 Å². The molecule has 0 spiro atoms. The number of hydrogen-bond donors (Lipinski definition) is 1.